The van der Waals surface area contributed by atoms with Crippen LogP contribution in [-0.4, -0.2) is 25.7 Å². The van der Waals surface area contributed by atoms with E-state index in [1.807, 2.05) is 0 Å². The smallest absolute Gasteiger partial charge is 0.264 e. The minimum atomic E-state index is -0.118. The van der Waals surface area contributed by atoms with Crippen molar-refractivity contribution in [3.63, 3.8) is 0 Å². The fraction of sp³-hybridized carbons (Fsp3) is 0.600. The van der Waals surface area contributed by atoms with Gasteiger partial charge >= 0.3 is 0 Å². The molecule has 3 nitrogen and oxygen atoms in total. The van der Waals surface area contributed by atoms with E-state index in [0.717, 1.165) is 0 Å². The van der Waals surface area contributed by atoms with Crippen LogP contribution in [0.3, 0.4) is 0 Å². The van der Waals surface area contributed by atoms with E-state index >= 15 is 0 Å². The van der Waals surface area contributed by atoms with Gasteiger partial charge in [-0.3, -0.25) is 9.79 Å². The normalized spacial score (nSPS) is 11.1. The molecular formula is C5H10N2O. The summed E-state index contributed by atoms with van der Waals surface area (Å²) in [4.78, 5) is 14.2. The summed E-state index contributed by atoms with van der Waals surface area (Å²) >= 11 is 0. The number of aliphatic imine (C=N–C) groups is 1. The third kappa shape index (κ3) is 1.73. The Morgan fingerprint density at radius 1 is 1.62 bits per heavy atom. The van der Waals surface area contributed by atoms with Gasteiger partial charge in [-0.25, -0.2) is 0 Å². The molecule has 0 aliphatic heterocycles. The fourth-order valence-corrected chi connectivity index (χ4v) is 0.282. The second-order valence-electron chi connectivity index (χ2n) is 1.39. The molecule has 1 amide bonds. The van der Waals surface area contributed by atoms with Crippen LogP contribution >= 0.6 is 0 Å². The third-order valence-electron chi connectivity index (χ3n) is 0.891. The Bertz CT molecular complexity index is 118. The van der Waals surface area contributed by atoms with Crippen LogP contribution in [-0.2, 0) is 4.79 Å². The summed E-state index contributed by atoms with van der Waals surface area (Å²) in [5.41, 5.74) is 0.507. The van der Waals surface area contributed by atoms with Gasteiger partial charge in [0.2, 0.25) is 0 Å². The minimum absolute atomic E-state index is 0.118. The van der Waals surface area contributed by atoms with Crippen molar-refractivity contribution < 1.29 is 4.79 Å². The molecule has 0 radical (unpaired) electrons. The Morgan fingerprint density at radius 2 is 2.12 bits per heavy atom. The number of carbonyl (C=O) groups excluding carboxylic acids is 1. The molecule has 0 aromatic heterocycles. The van der Waals surface area contributed by atoms with Gasteiger partial charge in [0.25, 0.3) is 5.91 Å². The standard InChI is InChI=1S/C5H10N2O/c1-4(6-2)5(8)7-3/h1-3H3,(H,7,8). The summed E-state index contributed by atoms with van der Waals surface area (Å²) in [7, 11) is 3.17. The Morgan fingerprint density at radius 3 is 2.25 bits per heavy atom. The van der Waals surface area contributed by atoms with Gasteiger partial charge in [-0.05, 0) is 6.92 Å². The monoisotopic (exact) mass is 114 g/mol. The number of nitrogens with one attached hydrogen (secondary N) is 1. The molecule has 0 aromatic rings. The Labute approximate surface area is 48.8 Å². The van der Waals surface area contributed by atoms with Gasteiger partial charge in [0.15, 0.2) is 0 Å². The van der Waals surface area contributed by atoms with E-state index in [1.165, 1.54) is 0 Å². The number of amides is 1. The SMILES string of the molecule is CN=C(C)C(=O)NC. The summed E-state index contributed by atoms with van der Waals surface area (Å²) in [5, 5.41) is 2.45. The molecule has 0 rings (SSSR count). The summed E-state index contributed by atoms with van der Waals surface area (Å²) in [5.74, 6) is -0.118. The lowest BCUT2D eigenvalue weighted by atomic mass is 10.4. The molecule has 1 N–H and O–H groups in total. The van der Waals surface area contributed by atoms with E-state index in [0.29, 0.717) is 5.71 Å². The fourth-order valence-electron chi connectivity index (χ4n) is 0.282. The minimum Gasteiger partial charge on any atom is -0.354 e. The largest absolute Gasteiger partial charge is 0.354 e. The molecule has 0 spiro atoms. The number of hydrogen-bond acceptors (Lipinski definition) is 2. The first-order valence-electron chi connectivity index (χ1n) is 2.37. The maximum absolute atomic E-state index is 10.5. The molecule has 3 heteroatoms. The van der Waals surface area contributed by atoms with Crippen molar-refractivity contribution >= 4 is 11.6 Å². The number of hydrogen-bond donors (Lipinski definition) is 1. The molecule has 0 aliphatic rings. The van der Waals surface area contributed by atoms with Crippen molar-refractivity contribution in [2.24, 2.45) is 4.99 Å². The topological polar surface area (TPSA) is 41.5 Å². The van der Waals surface area contributed by atoms with E-state index in [4.69, 9.17) is 0 Å². The highest BCUT2D eigenvalue weighted by Gasteiger charge is 1.97. The number of nitrogens with zero attached hydrogens (tertiary/aromatic N) is 1. The highest BCUT2D eigenvalue weighted by molar-refractivity contribution is 6.37. The lowest BCUT2D eigenvalue weighted by molar-refractivity contribution is -0.114. The first-order valence-corrected chi connectivity index (χ1v) is 2.37. The average molecular weight is 114 g/mol. The Balaban J connectivity index is 3.83. The molecule has 0 heterocycles. The van der Waals surface area contributed by atoms with Crippen LogP contribution in [0.4, 0.5) is 0 Å². The van der Waals surface area contributed by atoms with Crippen molar-refractivity contribution in [1.82, 2.24) is 5.32 Å². The highest BCUT2D eigenvalue weighted by atomic mass is 16.1. The molecule has 0 bridgehead atoms. The Kier molecular flexibility index (Phi) is 2.84. The van der Waals surface area contributed by atoms with Crippen LogP contribution in [0, 0.1) is 0 Å². The van der Waals surface area contributed by atoms with Crippen LogP contribution in [0.2, 0.25) is 0 Å². The zero-order valence-electron chi connectivity index (χ0n) is 5.36. The second-order valence-corrected chi connectivity index (χ2v) is 1.39. The zero-order chi connectivity index (χ0) is 6.57. The van der Waals surface area contributed by atoms with Gasteiger partial charge < -0.3 is 5.32 Å². The average Bonchev–Trinajstić information content (AvgIpc) is 1.84. The number of carbonyl (C=O) groups is 1. The number of rotatable bonds is 1. The van der Waals surface area contributed by atoms with Crippen LogP contribution < -0.4 is 5.32 Å². The van der Waals surface area contributed by atoms with Crippen LogP contribution in [0.25, 0.3) is 0 Å². The molecule has 0 aliphatic carbocycles. The molecule has 46 valence electrons. The van der Waals surface area contributed by atoms with Gasteiger partial charge in [0.05, 0.1) is 5.71 Å². The van der Waals surface area contributed by atoms with Gasteiger partial charge in [-0.1, -0.05) is 0 Å². The lowest BCUT2D eigenvalue weighted by Crippen LogP contribution is -2.25. The van der Waals surface area contributed by atoms with Crippen molar-refractivity contribution in [2.75, 3.05) is 14.1 Å². The molecule has 0 atom stereocenters. The molecule has 0 saturated carbocycles. The lowest BCUT2D eigenvalue weighted by Gasteiger charge is -1.93. The first kappa shape index (κ1) is 7.14. The van der Waals surface area contributed by atoms with Crippen molar-refractivity contribution in [1.29, 1.82) is 0 Å². The molecule has 0 aromatic carbocycles. The van der Waals surface area contributed by atoms with Crippen molar-refractivity contribution in [3.05, 3.63) is 0 Å². The van der Waals surface area contributed by atoms with Crippen molar-refractivity contribution in [3.8, 4) is 0 Å². The van der Waals surface area contributed by atoms with E-state index < -0.39 is 0 Å². The van der Waals surface area contributed by atoms with E-state index in [2.05, 4.69) is 10.3 Å². The molecular weight excluding hydrogens is 104 g/mol. The second kappa shape index (κ2) is 3.18. The molecule has 0 fully saturated rings. The predicted molar refractivity (Wildman–Crippen MR) is 33.1 cm³/mol. The molecule has 0 saturated heterocycles. The Hall–Kier alpha value is -0.860. The maximum Gasteiger partial charge on any atom is 0.264 e. The summed E-state index contributed by atoms with van der Waals surface area (Å²) in [6.45, 7) is 1.67. The van der Waals surface area contributed by atoms with Crippen LogP contribution in [0.15, 0.2) is 4.99 Å². The van der Waals surface area contributed by atoms with Gasteiger partial charge in [-0.15, -0.1) is 0 Å². The van der Waals surface area contributed by atoms with E-state index in [9.17, 15) is 4.79 Å². The van der Waals surface area contributed by atoms with E-state index in [-0.39, 0.29) is 5.91 Å². The summed E-state index contributed by atoms with van der Waals surface area (Å²) in [6.07, 6.45) is 0. The summed E-state index contributed by atoms with van der Waals surface area (Å²) < 4.78 is 0. The van der Waals surface area contributed by atoms with Gasteiger partial charge in [0.1, 0.15) is 0 Å². The predicted octanol–water partition coefficient (Wildman–Crippen LogP) is -0.177. The molecule has 0 unspecified atom stereocenters. The first-order chi connectivity index (χ1) is 3.72. The third-order valence-corrected chi connectivity index (χ3v) is 0.891. The van der Waals surface area contributed by atoms with Crippen molar-refractivity contribution in [2.45, 2.75) is 6.92 Å². The molecule has 8 heavy (non-hydrogen) atoms. The van der Waals surface area contributed by atoms with Gasteiger partial charge in [-0.2, -0.15) is 0 Å². The van der Waals surface area contributed by atoms with Crippen LogP contribution in [0.1, 0.15) is 6.92 Å². The van der Waals surface area contributed by atoms with E-state index in [1.54, 1.807) is 21.0 Å². The highest BCUT2D eigenvalue weighted by Crippen LogP contribution is 1.71. The summed E-state index contributed by atoms with van der Waals surface area (Å²) in [6, 6.07) is 0. The maximum atomic E-state index is 10.5. The van der Waals surface area contributed by atoms with Crippen LogP contribution in [0.5, 0.6) is 0 Å². The van der Waals surface area contributed by atoms with Gasteiger partial charge in [0, 0.05) is 14.1 Å². The quantitative estimate of drug-likeness (QED) is 0.472. The zero-order valence-corrected chi connectivity index (χ0v) is 5.36.